The summed E-state index contributed by atoms with van der Waals surface area (Å²) in [7, 11) is 0. The molecule has 0 aromatic heterocycles. The second-order valence-electron chi connectivity index (χ2n) is 4.52. The van der Waals surface area contributed by atoms with Gasteiger partial charge in [-0.1, -0.05) is 12.8 Å². The summed E-state index contributed by atoms with van der Waals surface area (Å²) < 4.78 is 53.4. The monoisotopic (exact) mass is 263 g/mol. The molecule has 6 heteroatoms. The number of rotatable bonds is 4. The van der Waals surface area contributed by atoms with Crippen LogP contribution in [-0.2, 0) is 0 Å². The molecule has 0 saturated heterocycles. The molecule has 1 saturated carbocycles. The summed E-state index contributed by atoms with van der Waals surface area (Å²) in [6.45, 7) is 0. The molecule has 0 unspecified atom stereocenters. The number of benzene rings is 1. The minimum Gasteiger partial charge on any atom is -0.406 e. The lowest BCUT2D eigenvalue weighted by Gasteiger charge is -2.15. The average molecular weight is 263 g/mol. The molecule has 2 nitrogen and oxygen atoms in total. The lowest BCUT2D eigenvalue weighted by molar-refractivity contribution is -0.274. The molecule has 18 heavy (non-hydrogen) atoms. The fraction of sp³-hybridized carbons (Fsp3) is 0.500. The highest BCUT2D eigenvalue weighted by atomic mass is 19.4. The molecule has 1 aromatic rings. The zero-order valence-electron chi connectivity index (χ0n) is 9.51. The van der Waals surface area contributed by atoms with Crippen molar-refractivity contribution in [2.75, 3.05) is 0 Å². The highest BCUT2D eigenvalue weighted by Gasteiger charge is 2.32. The number of nitrogens with two attached hydrogens (primary N) is 1. The largest absolute Gasteiger partial charge is 0.573 e. The van der Waals surface area contributed by atoms with E-state index in [-0.39, 0.29) is 5.56 Å². The highest BCUT2D eigenvalue weighted by molar-refractivity contribution is 5.32. The minimum atomic E-state index is -4.78. The van der Waals surface area contributed by atoms with Gasteiger partial charge in [0, 0.05) is 11.6 Å². The van der Waals surface area contributed by atoms with Crippen LogP contribution in [0, 0.1) is 11.7 Å². The maximum absolute atomic E-state index is 13.5. The fourth-order valence-electron chi connectivity index (χ4n) is 1.84. The Morgan fingerprint density at radius 3 is 2.56 bits per heavy atom. The van der Waals surface area contributed by atoms with Crippen LogP contribution in [0.5, 0.6) is 5.75 Å². The van der Waals surface area contributed by atoms with Crippen LogP contribution in [0.3, 0.4) is 0 Å². The number of hydrogen-bond donors (Lipinski definition) is 1. The number of halogens is 4. The molecule has 100 valence electrons. The first-order valence-corrected chi connectivity index (χ1v) is 5.66. The predicted molar refractivity (Wildman–Crippen MR) is 57.4 cm³/mol. The van der Waals surface area contributed by atoms with Crippen molar-refractivity contribution in [3.63, 3.8) is 0 Å². The number of ether oxygens (including phenoxy) is 1. The third-order valence-electron chi connectivity index (χ3n) is 2.88. The molecule has 2 N–H and O–H groups in total. The van der Waals surface area contributed by atoms with Crippen molar-refractivity contribution in [1.29, 1.82) is 0 Å². The summed E-state index contributed by atoms with van der Waals surface area (Å²) in [6, 6.07) is 2.32. The molecule has 1 aliphatic carbocycles. The predicted octanol–water partition coefficient (Wildman–Crippen LogP) is 3.52. The SMILES string of the molecule is N[C@H](CC1CC1)c1cc(OC(F)(F)F)ccc1F. The Bertz CT molecular complexity index is 429. The maximum Gasteiger partial charge on any atom is 0.573 e. The quantitative estimate of drug-likeness (QED) is 0.843. The first kappa shape index (κ1) is 13.1. The van der Waals surface area contributed by atoms with E-state index >= 15 is 0 Å². The summed E-state index contributed by atoms with van der Waals surface area (Å²) in [5.74, 6) is -0.575. The lowest BCUT2D eigenvalue weighted by Crippen LogP contribution is -2.18. The smallest absolute Gasteiger partial charge is 0.406 e. The van der Waals surface area contributed by atoms with Crippen LogP contribution in [0.15, 0.2) is 18.2 Å². The molecule has 0 aliphatic heterocycles. The second-order valence-corrected chi connectivity index (χ2v) is 4.52. The number of alkyl halides is 3. The fourth-order valence-corrected chi connectivity index (χ4v) is 1.84. The van der Waals surface area contributed by atoms with E-state index in [9.17, 15) is 17.6 Å². The third kappa shape index (κ3) is 3.60. The van der Waals surface area contributed by atoms with Gasteiger partial charge in [0.15, 0.2) is 0 Å². The molecular formula is C12H13F4NO. The molecular weight excluding hydrogens is 250 g/mol. The molecule has 0 amide bonds. The second kappa shape index (κ2) is 4.76. The molecule has 1 fully saturated rings. The average Bonchev–Trinajstić information content (AvgIpc) is 3.02. The van der Waals surface area contributed by atoms with Gasteiger partial charge in [-0.2, -0.15) is 0 Å². The summed E-state index contributed by atoms with van der Waals surface area (Å²) >= 11 is 0. The topological polar surface area (TPSA) is 35.2 Å². The third-order valence-corrected chi connectivity index (χ3v) is 2.88. The van der Waals surface area contributed by atoms with E-state index in [2.05, 4.69) is 4.74 Å². The van der Waals surface area contributed by atoms with Crippen molar-refractivity contribution in [2.45, 2.75) is 31.7 Å². The standard InChI is InChI=1S/C12H13F4NO/c13-10-4-3-8(18-12(14,15)16)6-9(10)11(17)5-7-1-2-7/h3-4,6-7,11H,1-2,5,17H2/t11-/m1/s1. The van der Waals surface area contributed by atoms with Crippen LogP contribution in [0.2, 0.25) is 0 Å². The Morgan fingerprint density at radius 1 is 1.33 bits per heavy atom. The Hall–Kier alpha value is -1.30. The van der Waals surface area contributed by atoms with Gasteiger partial charge >= 0.3 is 6.36 Å². The van der Waals surface area contributed by atoms with Crippen LogP contribution < -0.4 is 10.5 Å². The van der Waals surface area contributed by atoms with Gasteiger partial charge in [-0.3, -0.25) is 0 Å². The van der Waals surface area contributed by atoms with Crippen molar-refractivity contribution >= 4 is 0 Å². The van der Waals surface area contributed by atoms with Gasteiger partial charge in [0.05, 0.1) is 0 Å². The summed E-state index contributed by atoms with van der Waals surface area (Å²) in [4.78, 5) is 0. The highest BCUT2D eigenvalue weighted by Crippen LogP contribution is 2.38. The Labute approximate surface area is 102 Å². The molecule has 1 atom stereocenters. The van der Waals surface area contributed by atoms with E-state index in [0.29, 0.717) is 12.3 Å². The maximum atomic E-state index is 13.5. The van der Waals surface area contributed by atoms with Gasteiger partial charge in [0.25, 0.3) is 0 Å². The van der Waals surface area contributed by atoms with Crippen LogP contribution in [0.25, 0.3) is 0 Å². The normalized spacial score (nSPS) is 17.6. The van der Waals surface area contributed by atoms with Gasteiger partial charge in [0.1, 0.15) is 11.6 Å². The molecule has 0 bridgehead atoms. The van der Waals surface area contributed by atoms with E-state index < -0.39 is 24.0 Å². The van der Waals surface area contributed by atoms with Crippen LogP contribution in [0.1, 0.15) is 30.9 Å². The van der Waals surface area contributed by atoms with Crippen LogP contribution in [-0.4, -0.2) is 6.36 Å². The summed E-state index contributed by atoms with van der Waals surface area (Å²) in [5.41, 5.74) is 5.87. The van der Waals surface area contributed by atoms with Crippen molar-refractivity contribution in [2.24, 2.45) is 11.7 Å². The first-order chi connectivity index (χ1) is 8.35. The van der Waals surface area contributed by atoms with E-state index in [1.165, 1.54) is 0 Å². The van der Waals surface area contributed by atoms with E-state index in [1.807, 2.05) is 0 Å². The van der Waals surface area contributed by atoms with Gasteiger partial charge in [-0.15, -0.1) is 13.2 Å². The van der Waals surface area contributed by atoms with Gasteiger partial charge in [-0.05, 0) is 30.5 Å². The van der Waals surface area contributed by atoms with Gasteiger partial charge < -0.3 is 10.5 Å². The summed E-state index contributed by atoms with van der Waals surface area (Å²) in [6.07, 6.45) is -2.09. The van der Waals surface area contributed by atoms with Gasteiger partial charge in [0.2, 0.25) is 0 Å². The van der Waals surface area contributed by atoms with E-state index in [0.717, 1.165) is 31.0 Å². The zero-order valence-corrected chi connectivity index (χ0v) is 9.51. The molecule has 0 heterocycles. The van der Waals surface area contributed by atoms with Crippen LogP contribution in [0.4, 0.5) is 17.6 Å². The zero-order chi connectivity index (χ0) is 13.3. The Balaban J connectivity index is 2.14. The molecule has 1 aromatic carbocycles. The van der Waals surface area contributed by atoms with Gasteiger partial charge in [-0.25, -0.2) is 4.39 Å². The van der Waals surface area contributed by atoms with E-state index in [1.54, 1.807) is 0 Å². The first-order valence-electron chi connectivity index (χ1n) is 5.66. The lowest BCUT2D eigenvalue weighted by atomic mass is 10.0. The summed E-state index contributed by atoms with van der Waals surface area (Å²) in [5, 5.41) is 0. The molecule has 1 aliphatic rings. The van der Waals surface area contributed by atoms with Crippen molar-refractivity contribution in [1.82, 2.24) is 0 Å². The molecule has 2 rings (SSSR count). The Kier molecular flexibility index (Phi) is 3.47. The minimum absolute atomic E-state index is 0.0728. The Morgan fingerprint density at radius 2 is 2.00 bits per heavy atom. The number of hydrogen-bond acceptors (Lipinski definition) is 2. The van der Waals surface area contributed by atoms with Crippen molar-refractivity contribution in [3.05, 3.63) is 29.6 Å². The molecule has 0 radical (unpaired) electrons. The van der Waals surface area contributed by atoms with Crippen molar-refractivity contribution < 1.29 is 22.3 Å². The van der Waals surface area contributed by atoms with Crippen molar-refractivity contribution in [3.8, 4) is 5.75 Å². The molecule has 0 spiro atoms. The van der Waals surface area contributed by atoms with Crippen LogP contribution >= 0.6 is 0 Å². The van der Waals surface area contributed by atoms with E-state index in [4.69, 9.17) is 5.73 Å².